The average Bonchev–Trinajstić information content (AvgIpc) is 2.41. The molecule has 0 atom stereocenters. The van der Waals surface area contributed by atoms with E-state index < -0.39 is 8.24 Å². The molecule has 0 spiro atoms. The number of hydrogen-bond donors (Lipinski definition) is 0. The number of methoxy groups -OCH3 is 1. The Morgan fingerprint density at radius 2 is 1.59 bits per heavy atom. The van der Waals surface area contributed by atoms with Gasteiger partial charge in [-0.25, -0.2) is 0 Å². The van der Waals surface area contributed by atoms with Crippen molar-refractivity contribution in [3.63, 3.8) is 0 Å². The summed E-state index contributed by atoms with van der Waals surface area (Å²) in [6, 6.07) is 11.8. The summed E-state index contributed by atoms with van der Waals surface area (Å²) < 4.78 is 10.1. The highest BCUT2D eigenvalue weighted by molar-refractivity contribution is 6.78. The summed E-state index contributed by atoms with van der Waals surface area (Å²) >= 11 is 0. The molecule has 0 bridgehead atoms. The lowest BCUT2D eigenvalue weighted by atomic mass is 10.2. The third-order valence-corrected chi connectivity index (χ3v) is 8.20. The molecule has 3 heteroatoms. The molecule has 1 aromatic carbocycles. The standard InChI is InChI=1S/C14H23NOSi/c1-5-17(6-2,7-3)15-12-13-8-10-14(16-4)11-9-13/h8-12H,5-7H2,1-4H3. The van der Waals surface area contributed by atoms with Crippen molar-refractivity contribution in [2.24, 2.45) is 4.66 Å². The van der Waals surface area contributed by atoms with Crippen molar-refractivity contribution in [2.45, 2.75) is 38.9 Å². The number of rotatable bonds is 6. The third kappa shape index (κ3) is 3.70. The molecule has 2 nitrogen and oxygen atoms in total. The zero-order valence-electron chi connectivity index (χ0n) is 11.4. The molecule has 0 aliphatic rings. The van der Waals surface area contributed by atoms with Crippen LogP contribution in [0.5, 0.6) is 5.75 Å². The normalized spacial score (nSPS) is 12.0. The van der Waals surface area contributed by atoms with Gasteiger partial charge in [-0.05, 0) is 48.0 Å². The lowest BCUT2D eigenvalue weighted by Gasteiger charge is -2.21. The maximum Gasteiger partial charge on any atom is 0.180 e. The van der Waals surface area contributed by atoms with E-state index >= 15 is 0 Å². The van der Waals surface area contributed by atoms with Gasteiger partial charge in [0, 0.05) is 6.21 Å². The molecule has 0 fully saturated rings. The first-order chi connectivity index (χ1) is 8.19. The van der Waals surface area contributed by atoms with Gasteiger partial charge in [-0.15, -0.1) is 0 Å². The van der Waals surface area contributed by atoms with Crippen molar-refractivity contribution in [1.82, 2.24) is 0 Å². The molecule has 0 heterocycles. The minimum absolute atomic E-state index is 0.895. The molecule has 0 aliphatic heterocycles. The molecule has 0 aromatic heterocycles. The van der Waals surface area contributed by atoms with E-state index in [2.05, 4.69) is 32.9 Å². The molecule has 0 radical (unpaired) electrons. The Labute approximate surface area is 106 Å². The summed E-state index contributed by atoms with van der Waals surface area (Å²) in [6.45, 7) is 6.81. The second-order valence-corrected chi connectivity index (χ2v) is 9.14. The van der Waals surface area contributed by atoms with Crippen LogP contribution in [0.4, 0.5) is 0 Å². The summed E-state index contributed by atoms with van der Waals surface area (Å²) in [7, 11) is 0.303. The van der Waals surface area contributed by atoms with Crippen LogP contribution >= 0.6 is 0 Å². The van der Waals surface area contributed by atoms with Crippen LogP contribution in [0, 0.1) is 0 Å². The highest BCUT2D eigenvalue weighted by Gasteiger charge is 2.25. The Hall–Kier alpha value is -1.09. The first-order valence-corrected chi connectivity index (χ1v) is 8.95. The van der Waals surface area contributed by atoms with Gasteiger partial charge in [-0.2, -0.15) is 0 Å². The summed E-state index contributed by atoms with van der Waals surface area (Å²) in [5.74, 6) is 0.895. The van der Waals surface area contributed by atoms with E-state index in [9.17, 15) is 0 Å². The van der Waals surface area contributed by atoms with Crippen LogP contribution in [-0.2, 0) is 0 Å². The van der Waals surface area contributed by atoms with Crippen molar-refractivity contribution in [3.8, 4) is 5.75 Å². The summed E-state index contributed by atoms with van der Waals surface area (Å²) in [5.41, 5.74) is 1.16. The van der Waals surface area contributed by atoms with Gasteiger partial charge < -0.3 is 9.39 Å². The van der Waals surface area contributed by atoms with Gasteiger partial charge in [0.05, 0.1) is 7.11 Å². The zero-order valence-corrected chi connectivity index (χ0v) is 12.4. The molecule has 0 unspecified atom stereocenters. The molecular formula is C14H23NOSi. The van der Waals surface area contributed by atoms with E-state index in [0.717, 1.165) is 11.3 Å². The smallest absolute Gasteiger partial charge is 0.180 e. The van der Waals surface area contributed by atoms with E-state index in [4.69, 9.17) is 9.39 Å². The molecule has 0 N–H and O–H groups in total. The fourth-order valence-electron chi connectivity index (χ4n) is 1.93. The van der Waals surface area contributed by atoms with Gasteiger partial charge >= 0.3 is 0 Å². The van der Waals surface area contributed by atoms with Gasteiger partial charge in [-0.1, -0.05) is 20.8 Å². The van der Waals surface area contributed by atoms with Crippen LogP contribution in [0.25, 0.3) is 0 Å². The Bertz CT molecular complexity index is 347. The predicted molar refractivity (Wildman–Crippen MR) is 77.8 cm³/mol. The van der Waals surface area contributed by atoms with E-state index in [-0.39, 0.29) is 0 Å². The maximum atomic E-state index is 5.14. The molecule has 0 aliphatic carbocycles. The highest BCUT2D eigenvalue weighted by atomic mass is 28.3. The predicted octanol–water partition coefficient (Wildman–Crippen LogP) is 4.12. The van der Waals surface area contributed by atoms with Gasteiger partial charge in [0.2, 0.25) is 0 Å². The van der Waals surface area contributed by atoms with Gasteiger partial charge in [0.1, 0.15) is 5.75 Å². The average molecular weight is 249 g/mol. The van der Waals surface area contributed by atoms with Gasteiger partial charge in [0.25, 0.3) is 0 Å². The topological polar surface area (TPSA) is 21.6 Å². The molecule has 0 amide bonds. The molecule has 17 heavy (non-hydrogen) atoms. The second-order valence-electron chi connectivity index (χ2n) is 4.32. The van der Waals surface area contributed by atoms with E-state index in [1.54, 1.807) is 7.11 Å². The van der Waals surface area contributed by atoms with Crippen molar-refractivity contribution in [3.05, 3.63) is 29.8 Å². The third-order valence-electron chi connectivity index (χ3n) is 3.58. The summed E-state index contributed by atoms with van der Waals surface area (Å²) in [4.78, 5) is 0. The molecule has 0 saturated heterocycles. The maximum absolute atomic E-state index is 5.14. The fourth-order valence-corrected chi connectivity index (χ4v) is 4.40. The first kappa shape index (κ1) is 14.0. The second kappa shape index (κ2) is 6.60. The lowest BCUT2D eigenvalue weighted by Crippen LogP contribution is -2.29. The zero-order chi connectivity index (χ0) is 12.7. The van der Waals surface area contributed by atoms with Crippen LogP contribution in [0.2, 0.25) is 18.1 Å². The van der Waals surface area contributed by atoms with Crippen LogP contribution in [0.15, 0.2) is 28.9 Å². The quantitative estimate of drug-likeness (QED) is 0.549. The highest BCUT2D eigenvalue weighted by Crippen LogP contribution is 2.21. The van der Waals surface area contributed by atoms with Crippen LogP contribution in [0.3, 0.4) is 0 Å². The first-order valence-electron chi connectivity index (χ1n) is 6.39. The SMILES string of the molecule is CC[Si](CC)(CC)N=Cc1ccc(OC)cc1. The number of nitrogens with zero attached hydrogens (tertiary/aromatic N) is 1. The van der Waals surface area contributed by atoms with E-state index in [1.807, 2.05) is 18.3 Å². The van der Waals surface area contributed by atoms with Crippen LogP contribution < -0.4 is 4.74 Å². The van der Waals surface area contributed by atoms with Crippen molar-refractivity contribution in [2.75, 3.05) is 7.11 Å². The Morgan fingerprint density at radius 3 is 2.00 bits per heavy atom. The summed E-state index contributed by atoms with van der Waals surface area (Å²) in [6.07, 6.45) is 2.04. The fraction of sp³-hybridized carbons (Fsp3) is 0.500. The summed E-state index contributed by atoms with van der Waals surface area (Å²) in [5, 5.41) is 0. The minimum Gasteiger partial charge on any atom is -0.497 e. The molecule has 0 saturated carbocycles. The Balaban J connectivity index is 2.80. The van der Waals surface area contributed by atoms with Crippen molar-refractivity contribution < 1.29 is 4.74 Å². The van der Waals surface area contributed by atoms with Crippen LogP contribution in [-0.4, -0.2) is 21.6 Å². The van der Waals surface area contributed by atoms with Gasteiger partial charge in [0.15, 0.2) is 8.24 Å². The monoisotopic (exact) mass is 249 g/mol. The van der Waals surface area contributed by atoms with E-state index in [1.165, 1.54) is 18.1 Å². The number of hydrogen-bond acceptors (Lipinski definition) is 2. The minimum atomic E-state index is -1.38. The van der Waals surface area contributed by atoms with Crippen molar-refractivity contribution >= 4 is 14.5 Å². The molecule has 1 aromatic rings. The number of ether oxygens (including phenoxy) is 1. The van der Waals surface area contributed by atoms with Gasteiger partial charge in [-0.3, -0.25) is 0 Å². The molecular weight excluding hydrogens is 226 g/mol. The van der Waals surface area contributed by atoms with Crippen LogP contribution in [0.1, 0.15) is 26.3 Å². The number of benzene rings is 1. The van der Waals surface area contributed by atoms with E-state index in [0.29, 0.717) is 0 Å². The van der Waals surface area contributed by atoms with Crippen molar-refractivity contribution in [1.29, 1.82) is 0 Å². The molecule has 94 valence electrons. The Kier molecular flexibility index (Phi) is 5.42. The molecule has 1 rings (SSSR count). The Morgan fingerprint density at radius 1 is 1.06 bits per heavy atom. The largest absolute Gasteiger partial charge is 0.497 e. The lowest BCUT2D eigenvalue weighted by molar-refractivity contribution is 0.415.